The van der Waals surface area contributed by atoms with Gasteiger partial charge in [0, 0.05) is 32.4 Å². The fourth-order valence-electron chi connectivity index (χ4n) is 1.87. The van der Waals surface area contributed by atoms with Gasteiger partial charge in [0.15, 0.2) is 0 Å². The summed E-state index contributed by atoms with van der Waals surface area (Å²) >= 11 is 0. The van der Waals surface area contributed by atoms with Crippen LogP contribution in [-0.2, 0) is 13.1 Å². The highest BCUT2D eigenvalue weighted by molar-refractivity contribution is 5.76. The van der Waals surface area contributed by atoms with Crippen LogP contribution < -0.4 is 10.6 Å². The van der Waals surface area contributed by atoms with E-state index in [1.807, 2.05) is 6.20 Å². The minimum atomic E-state index is 0.0138. The number of hydrogen-bond acceptors (Lipinski definition) is 4. The Labute approximate surface area is 107 Å². The summed E-state index contributed by atoms with van der Waals surface area (Å²) in [7, 11) is 0. The van der Waals surface area contributed by atoms with Gasteiger partial charge in [-0.1, -0.05) is 12.1 Å². The first-order valence-corrected chi connectivity index (χ1v) is 6.42. The summed E-state index contributed by atoms with van der Waals surface area (Å²) in [5.74, 6) is 0. The Balaban J connectivity index is 1.74. The molecule has 2 N–H and O–H groups in total. The number of rotatable bonds is 7. The van der Waals surface area contributed by atoms with Gasteiger partial charge in [-0.15, -0.1) is 5.10 Å². The average molecular weight is 252 g/mol. The molecule has 1 aromatic heterocycles. The summed E-state index contributed by atoms with van der Waals surface area (Å²) in [5, 5.41) is 14.2. The van der Waals surface area contributed by atoms with Crippen molar-refractivity contribution in [2.45, 2.75) is 26.4 Å². The monoisotopic (exact) mass is 252 g/mol. The lowest BCUT2D eigenvalue weighted by atomic mass is 10.4. The van der Waals surface area contributed by atoms with Crippen molar-refractivity contribution in [3.8, 4) is 0 Å². The van der Waals surface area contributed by atoms with Crippen LogP contribution in [0.2, 0.25) is 0 Å². The summed E-state index contributed by atoms with van der Waals surface area (Å²) in [6.45, 7) is 6.75. The molecule has 0 radical (unpaired) electrons. The van der Waals surface area contributed by atoms with Gasteiger partial charge in [-0.05, 0) is 13.0 Å². The Morgan fingerprint density at radius 1 is 1.50 bits per heavy atom. The SMILES string of the molecule is CCCNCc1cn(CCN2CCNC2=O)nn1. The highest BCUT2D eigenvalue weighted by Crippen LogP contribution is 1.98. The topological polar surface area (TPSA) is 75.1 Å². The molecule has 0 atom stereocenters. The smallest absolute Gasteiger partial charge is 0.317 e. The summed E-state index contributed by atoms with van der Waals surface area (Å²) in [6.07, 6.45) is 3.04. The molecule has 0 aliphatic carbocycles. The molecule has 7 heteroatoms. The molecule has 1 aromatic rings. The molecule has 2 heterocycles. The van der Waals surface area contributed by atoms with Crippen LogP contribution in [0, 0.1) is 0 Å². The van der Waals surface area contributed by atoms with Gasteiger partial charge < -0.3 is 15.5 Å². The number of nitrogens with zero attached hydrogens (tertiary/aromatic N) is 4. The van der Waals surface area contributed by atoms with Crippen LogP contribution in [0.25, 0.3) is 0 Å². The van der Waals surface area contributed by atoms with E-state index in [1.165, 1.54) is 0 Å². The predicted octanol–water partition coefficient (Wildman–Crippen LogP) is -0.197. The molecule has 0 spiro atoms. The van der Waals surface area contributed by atoms with Crippen molar-refractivity contribution in [2.75, 3.05) is 26.2 Å². The van der Waals surface area contributed by atoms with E-state index in [2.05, 4.69) is 27.9 Å². The zero-order valence-corrected chi connectivity index (χ0v) is 10.7. The first kappa shape index (κ1) is 12.8. The lowest BCUT2D eigenvalue weighted by molar-refractivity contribution is 0.215. The molecular formula is C11H20N6O. The van der Waals surface area contributed by atoms with E-state index in [9.17, 15) is 4.79 Å². The van der Waals surface area contributed by atoms with Crippen molar-refractivity contribution in [3.05, 3.63) is 11.9 Å². The quantitative estimate of drug-likeness (QED) is 0.659. The maximum atomic E-state index is 11.3. The molecule has 0 bridgehead atoms. The van der Waals surface area contributed by atoms with Gasteiger partial charge in [-0.3, -0.25) is 4.68 Å². The first-order chi connectivity index (χ1) is 8.79. The number of urea groups is 1. The number of amides is 2. The van der Waals surface area contributed by atoms with Crippen LogP contribution >= 0.6 is 0 Å². The minimum absolute atomic E-state index is 0.0138. The fourth-order valence-corrected chi connectivity index (χ4v) is 1.87. The molecular weight excluding hydrogens is 232 g/mol. The van der Waals surface area contributed by atoms with Gasteiger partial charge >= 0.3 is 6.03 Å². The molecule has 1 fully saturated rings. The molecule has 2 rings (SSSR count). The Morgan fingerprint density at radius 2 is 2.39 bits per heavy atom. The second-order valence-electron chi connectivity index (χ2n) is 4.37. The van der Waals surface area contributed by atoms with Crippen molar-refractivity contribution in [1.29, 1.82) is 0 Å². The van der Waals surface area contributed by atoms with Gasteiger partial charge in [-0.25, -0.2) is 4.79 Å². The Bertz CT molecular complexity index is 391. The fraction of sp³-hybridized carbons (Fsp3) is 0.727. The van der Waals surface area contributed by atoms with Crippen LogP contribution in [0.4, 0.5) is 4.79 Å². The lowest BCUT2D eigenvalue weighted by Gasteiger charge is -2.12. The summed E-state index contributed by atoms with van der Waals surface area (Å²) in [5.41, 5.74) is 0.939. The van der Waals surface area contributed by atoms with E-state index in [-0.39, 0.29) is 6.03 Å². The van der Waals surface area contributed by atoms with Gasteiger partial charge in [0.25, 0.3) is 0 Å². The second-order valence-corrected chi connectivity index (χ2v) is 4.37. The van der Waals surface area contributed by atoms with Gasteiger partial charge in [0.2, 0.25) is 0 Å². The largest absolute Gasteiger partial charge is 0.336 e. The summed E-state index contributed by atoms with van der Waals surface area (Å²) < 4.78 is 1.79. The number of hydrogen-bond donors (Lipinski definition) is 2. The molecule has 2 amide bonds. The Morgan fingerprint density at radius 3 is 3.11 bits per heavy atom. The predicted molar refractivity (Wildman–Crippen MR) is 67.0 cm³/mol. The lowest BCUT2D eigenvalue weighted by Crippen LogP contribution is -2.31. The molecule has 1 aliphatic rings. The van der Waals surface area contributed by atoms with Crippen molar-refractivity contribution >= 4 is 6.03 Å². The average Bonchev–Trinajstić information content (AvgIpc) is 2.96. The molecule has 0 unspecified atom stereocenters. The van der Waals surface area contributed by atoms with Crippen LogP contribution in [0.3, 0.4) is 0 Å². The van der Waals surface area contributed by atoms with E-state index < -0.39 is 0 Å². The standard InChI is InChI=1S/C11H20N6O/c1-2-3-12-8-10-9-17(15-14-10)7-6-16-5-4-13-11(16)18/h9,12H,2-8H2,1H3,(H,13,18). The van der Waals surface area contributed by atoms with Crippen molar-refractivity contribution in [3.63, 3.8) is 0 Å². The Kier molecular flexibility index (Phi) is 4.52. The van der Waals surface area contributed by atoms with Gasteiger partial charge in [-0.2, -0.15) is 0 Å². The maximum Gasteiger partial charge on any atom is 0.317 e. The van der Waals surface area contributed by atoms with Crippen molar-refractivity contribution < 1.29 is 4.79 Å². The molecule has 1 aliphatic heterocycles. The zero-order chi connectivity index (χ0) is 12.8. The number of carbonyl (C=O) groups is 1. The molecule has 7 nitrogen and oxygen atoms in total. The highest BCUT2D eigenvalue weighted by atomic mass is 16.2. The normalized spacial score (nSPS) is 15.2. The van der Waals surface area contributed by atoms with Crippen LogP contribution in [0.5, 0.6) is 0 Å². The summed E-state index contributed by atoms with van der Waals surface area (Å²) in [6, 6.07) is 0.0138. The summed E-state index contributed by atoms with van der Waals surface area (Å²) in [4.78, 5) is 13.1. The van der Waals surface area contributed by atoms with E-state index in [4.69, 9.17) is 0 Å². The number of aromatic nitrogens is 3. The van der Waals surface area contributed by atoms with E-state index in [0.29, 0.717) is 13.1 Å². The van der Waals surface area contributed by atoms with Crippen molar-refractivity contribution in [2.24, 2.45) is 0 Å². The minimum Gasteiger partial charge on any atom is -0.336 e. The number of nitrogens with one attached hydrogen (secondary N) is 2. The molecule has 0 saturated carbocycles. The van der Waals surface area contributed by atoms with Crippen LogP contribution in [0.15, 0.2) is 6.20 Å². The second kappa shape index (κ2) is 6.34. The Hall–Kier alpha value is -1.63. The zero-order valence-electron chi connectivity index (χ0n) is 10.7. The highest BCUT2D eigenvalue weighted by Gasteiger charge is 2.18. The van der Waals surface area contributed by atoms with Gasteiger partial charge in [0.05, 0.1) is 12.2 Å². The third-order valence-corrected chi connectivity index (χ3v) is 2.86. The first-order valence-electron chi connectivity index (χ1n) is 6.42. The maximum absolute atomic E-state index is 11.3. The van der Waals surface area contributed by atoms with Crippen LogP contribution in [-0.4, -0.2) is 52.1 Å². The molecule has 18 heavy (non-hydrogen) atoms. The number of carbonyl (C=O) groups excluding carboxylic acids is 1. The van der Waals surface area contributed by atoms with E-state index in [0.717, 1.165) is 38.3 Å². The molecule has 1 saturated heterocycles. The van der Waals surface area contributed by atoms with Crippen molar-refractivity contribution in [1.82, 2.24) is 30.5 Å². The molecule has 100 valence electrons. The van der Waals surface area contributed by atoms with Gasteiger partial charge in [0.1, 0.15) is 0 Å². The third kappa shape index (κ3) is 3.43. The van der Waals surface area contributed by atoms with E-state index in [1.54, 1.807) is 9.58 Å². The van der Waals surface area contributed by atoms with Crippen LogP contribution in [0.1, 0.15) is 19.0 Å². The molecule has 0 aromatic carbocycles. The van der Waals surface area contributed by atoms with E-state index >= 15 is 0 Å². The third-order valence-electron chi connectivity index (χ3n) is 2.86.